The van der Waals surface area contributed by atoms with Crippen molar-refractivity contribution < 1.29 is 12.8 Å². The van der Waals surface area contributed by atoms with Crippen LogP contribution in [0.5, 0.6) is 0 Å². The molecular formula is C9H18FNO2S. The average molecular weight is 223 g/mol. The highest BCUT2D eigenvalue weighted by atomic mass is 32.2. The first-order valence-corrected chi connectivity index (χ1v) is 6.63. The molecule has 0 saturated heterocycles. The Hall–Kier alpha value is -0.160. The summed E-state index contributed by atoms with van der Waals surface area (Å²) in [6.45, 7) is 3.19. The molecule has 0 unspecified atom stereocenters. The molecule has 0 aliphatic heterocycles. The molecule has 0 aromatic rings. The SMILES string of the molecule is CC(C)S(=O)(=O)N[C@H]1CCCC[C@@H]1F. The van der Waals surface area contributed by atoms with Gasteiger partial charge >= 0.3 is 0 Å². The molecule has 0 amide bonds. The van der Waals surface area contributed by atoms with Crippen LogP contribution >= 0.6 is 0 Å². The van der Waals surface area contributed by atoms with Gasteiger partial charge in [0.05, 0.1) is 11.3 Å². The van der Waals surface area contributed by atoms with Crippen LogP contribution in [0.1, 0.15) is 39.5 Å². The molecule has 0 bridgehead atoms. The van der Waals surface area contributed by atoms with Crippen LogP contribution in [0.2, 0.25) is 0 Å². The number of halogens is 1. The molecule has 3 nitrogen and oxygen atoms in total. The van der Waals surface area contributed by atoms with E-state index in [2.05, 4.69) is 4.72 Å². The third-order valence-corrected chi connectivity index (χ3v) is 4.49. The lowest BCUT2D eigenvalue weighted by molar-refractivity contribution is 0.206. The van der Waals surface area contributed by atoms with Crippen LogP contribution in [0.25, 0.3) is 0 Å². The lowest BCUT2D eigenvalue weighted by Crippen LogP contribution is -2.45. The zero-order valence-electron chi connectivity index (χ0n) is 8.66. The average Bonchev–Trinajstić information content (AvgIpc) is 2.08. The third-order valence-electron chi connectivity index (χ3n) is 2.62. The second-order valence-electron chi connectivity index (χ2n) is 4.12. The lowest BCUT2D eigenvalue weighted by Gasteiger charge is -2.27. The molecule has 0 radical (unpaired) electrons. The second-order valence-corrected chi connectivity index (χ2v) is 6.39. The van der Waals surface area contributed by atoms with E-state index in [1.54, 1.807) is 13.8 Å². The van der Waals surface area contributed by atoms with Crippen molar-refractivity contribution in [1.82, 2.24) is 4.72 Å². The van der Waals surface area contributed by atoms with Gasteiger partial charge in [0, 0.05) is 0 Å². The predicted molar refractivity (Wildman–Crippen MR) is 54.3 cm³/mol. The number of hydrogen-bond acceptors (Lipinski definition) is 2. The van der Waals surface area contributed by atoms with Gasteiger partial charge in [0.2, 0.25) is 10.0 Å². The van der Waals surface area contributed by atoms with Gasteiger partial charge in [0.25, 0.3) is 0 Å². The van der Waals surface area contributed by atoms with E-state index >= 15 is 0 Å². The maximum atomic E-state index is 13.3. The summed E-state index contributed by atoms with van der Waals surface area (Å²) in [7, 11) is -3.32. The van der Waals surface area contributed by atoms with Crippen molar-refractivity contribution in [2.24, 2.45) is 0 Å². The molecule has 1 aliphatic rings. The number of rotatable bonds is 3. The van der Waals surface area contributed by atoms with Gasteiger partial charge in [-0.2, -0.15) is 0 Å². The largest absolute Gasteiger partial charge is 0.246 e. The Morgan fingerprint density at radius 3 is 2.36 bits per heavy atom. The molecule has 0 heterocycles. The smallest absolute Gasteiger partial charge is 0.214 e. The van der Waals surface area contributed by atoms with Gasteiger partial charge < -0.3 is 0 Å². The van der Waals surface area contributed by atoms with Crippen molar-refractivity contribution in [3.8, 4) is 0 Å². The van der Waals surface area contributed by atoms with Crippen molar-refractivity contribution in [3.63, 3.8) is 0 Å². The van der Waals surface area contributed by atoms with Gasteiger partial charge in [0.1, 0.15) is 6.17 Å². The van der Waals surface area contributed by atoms with Crippen LogP contribution in [-0.4, -0.2) is 25.9 Å². The summed E-state index contributed by atoms with van der Waals surface area (Å²) in [5.41, 5.74) is 0. The summed E-state index contributed by atoms with van der Waals surface area (Å²) in [5, 5.41) is -0.489. The fourth-order valence-corrected chi connectivity index (χ4v) is 2.53. The van der Waals surface area contributed by atoms with Gasteiger partial charge in [-0.3, -0.25) is 0 Å². The van der Waals surface area contributed by atoms with Crippen LogP contribution in [0.3, 0.4) is 0 Å². The summed E-state index contributed by atoms with van der Waals surface area (Å²) in [4.78, 5) is 0. The highest BCUT2D eigenvalue weighted by Gasteiger charge is 2.29. The van der Waals surface area contributed by atoms with E-state index in [1.807, 2.05) is 0 Å². The maximum Gasteiger partial charge on any atom is 0.214 e. The summed E-state index contributed by atoms with van der Waals surface area (Å²) in [5.74, 6) is 0. The van der Waals surface area contributed by atoms with Crippen LogP contribution < -0.4 is 4.72 Å². The van der Waals surface area contributed by atoms with Gasteiger partial charge in [-0.25, -0.2) is 17.5 Å². The Morgan fingerprint density at radius 1 is 1.29 bits per heavy atom. The Bertz CT molecular complexity index is 277. The summed E-state index contributed by atoms with van der Waals surface area (Å²) in [6, 6.07) is -0.504. The molecule has 1 saturated carbocycles. The number of alkyl halides is 1. The van der Waals surface area contributed by atoms with E-state index in [0.717, 1.165) is 12.8 Å². The first kappa shape index (κ1) is 11.9. The molecular weight excluding hydrogens is 205 g/mol. The standard InChI is InChI=1S/C9H18FNO2S/c1-7(2)14(12,13)11-9-6-4-3-5-8(9)10/h7-9,11H,3-6H2,1-2H3/t8-,9-/m0/s1. The minimum atomic E-state index is -3.32. The molecule has 2 atom stereocenters. The number of nitrogens with one attached hydrogen (secondary N) is 1. The van der Waals surface area contributed by atoms with Gasteiger partial charge in [-0.1, -0.05) is 12.8 Å². The second kappa shape index (κ2) is 4.57. The van der Waals surface area contributed by atoms with Gasteiger partial charge in [-0.05, 0) is 26.7 Å². The fourth-order valence-electron chi connectivity index (χ4n) is 1.57. The summed E-state index contributed by atoms with van der Waals surface area (Å²) in [6.07, 6.45) is 1.85. The predicted octanol–water partition coefficient (Wildman–Crippen LogP) is 1.59. The van der Waals surface area contributed by atoms with Crippen LogP contribution in [0.4, 0.5) is 4.39 Å². The van der Waals surface area contributed by atoms with Crippen molar-refractivity contribution in [2.45, 2.75) is 57.0 Å². The highest BCUT2D eigenvalue weighted by Crippen LogP contribution is 2.22. The molecule has 84 valence electrons. The quantitative estimate of drug-likeness (QED) is 0.790. The zero-order chi connectivity index (χ0) is 10.8. The fraction of sp³-hybridized carbons (Fsp3) is 1.00. The Kier molecular flexibility index (Phi) is 3.89. The molecule has 0 aromatic heterocycles. The minimum Gasteiger partial charge on any atom is -0.246 e. The first-order chi connectivity index (χ1) is 6.43. The molecule has 0 spiro atoms. The monoisotopic (exact) mass is 223 g/mol. The van der Waals surface area contributed by atoms with E-state index in [0.29, 0.717) is 12.8 Å². The van der Waals surface area contributed by atoms with Gasteiger partial charge in [0.15, 0.2) is 0 Å². The van der Waals surface area contributed by atoms with Crippen molar-refractivity contribution in [3.05, 3.63) is 0 Å². The molecule has 0 aromatic carbocycles. The van der Waals surface area contributed by atoms with E-state index in [1.165, 1.54) is 0 Å². The lowest BCUT2D eigenvalue weighted by atomic mass is 9.95. The molecule has 1 N–H and O–H groups in total. The van der Waals surface area contributed by atoms with Crippen molar-refractivity contribution >= 4 is 10.0 Å². The molecule has 1 aliphatic carbocycles. The number of sulfonamides is 1. The zero-order valence-corrected chi connectivity index (χ0v) is 9.48. The highest BCUT2D eigenvalue weighted by molar-refractivity contribution is 7.90. The normalized spacial score (nSPS) is 29.4. The maximum absolute atomic E-state index is 13.3. The Labute approximate surface area is 85.1 Å². The number of hydrogen-bond donors (Lipinski definition) is 1. The van der Waals surface area contributed by atoms with Crippen LogP contribution in [0, 0.1) is 0 Å². The molecule has 14 heavy (non-hydrogen) atoms. The molecule has 1 rings (SSSR count). The summed E-state index contributed by atoms with van der Waals surface area (Å²) < 4.78 is 38.7. The summed E-state index contributed by atoms with van der Waals surface area (Å²) >= 11 is 0. The van der Waals surface area contributed by atoms with E-state index in [-0.39, 0.29) is 0 Å². The topological polar surface area (TPSA) is 46.2 Å². The van der Waals surface area contributed by atoms with Crippen molar-refractivity contribution in [2.75, 3.05) is 0 Å². The van der Waals surface area contributed by atoms with E-state index < -0.39 is 27.5 Å². The Balaban J connectivity index is 2.58. The van der Waals surface area contributed by atoms with Crippen LogP contribution in [-0.2, 0) is 10.0 Å². The molecule has 1 fully saturated rings. The van der Waals surface area contributed by atoms with E-state index in [4.69, 9.17) is 0 Å². The minimum absolute atomic E-state index is 0.477. The Morgan fingerprint density at radius 2 is 1.86 bits per heavy atom. The van der Waals surface area contributed by atoms with Gasteiger partial charge in [-0.15, -0.1) is 0 Å². The van der Waals surface area contributed by atoms with Crippen molar-refractivity contribution in [1.29, 1.82) is 0 Å². The first-order valence-electron chi connectivity index (χ1n) is 5.08. The molecule has 5 heteroatoms. The third kappa shape index (κ3) is 2.92. The van der Waals surface area contributed by atoms with Crippen LogP contribution in [0.15, 0.2) is 0 Å². The van der Waals surface area contributed by atoms with E-state index in [9.17, 15) is 12.8 Å².